The van der Waals surface area contributed by atoms with Gasteiger partial charge in [0.2, 0.25) is 0 Å². The third kappa shape index (κ3) is 5.06. The Balaban J connectivity index is 3.01. The van der Waals surface area contributed by atoms with Crippen molar-refractivity contribution in [3.05, 3.63) is 54.6 Å². The van der Waals surface area contributed by atoms with Crippen LogP contribution in [0, 0.1) is 12.3 Å². The summed E-state index contributed by atoms with van der Waals surface area (Å²) in [6.07, 6.45) is 7.40. The van der Waals surface area contributed by atoms with Crippen molar-refractivity contribution in [3.63, 3.8) is 0 Å². The van der Waals surface area contributed by atoms with Crippen LogP contribution in [0.25, 0.3) is 0 Å². The minimum Gasteiger partial charge on any atom is -0.357 e. The topological polar surface area (TPSA) is 3.24 Å². The molecule has 100 valence electrons. The molecule has 0 saturated carbocycles. The molecular weight excluding hydrogens is 230 g/mol. The second kappa shape index (κ2) is 7.48. The van der Waals surface area contributed by atoms with Crippen molar-refractivity contribution in [2.75, 3.05) is 11.4 Å². The highest BCUT2D eigenvalue weighted by Crippen LogP contribution is 2.23. The Hall–Kier alpha value is -1.94. The van der Waals surface area contributed by atoms with Crippen LogP contribution < -0.4 is 4.90 Å². The smallest absolute Gasteiger partial charge is 0.0795 e. The Labute approximate surface area is 117 Å². The fraction of sp³-hybridized carbons (Fsp3) is 0.333. The van der Waals surface area contributed by atoms with Crippen molar-refractivity contribution in [1.29, 1.82) is 0 Å². The number of hydrogen-bond donors (Lipinski definition) is 0. The van der Waals surface area contributed by atoms with Crippen LogP contribution in [0.5, 0.6) is 0 Å². The van der Waals surface area contributed by atoms with Crippen molar-refractivity contribution in [3.8, 4) is 12.3 Å². The Morgan fingerprint density at radius 1 is 1.16 bits per heavy atom. The van der Waals surface area contributed by atoms with Crippen LogP contribution in [0.15, 0.2) is 54.6 Å². The van der Waals surface area contributed by atoms with E-state index < -0.39 is 0 Å². The molecular formula is C18H23N. The fourth-order valence-corrected chi connectivity index (χ4v) is 2.25. The molecule has 0 spiro atoms. The second-order valence-electron chi connectivity index (χ2n) is 5.14. The molecule has 0 heterocycles. The first-order chi connectivity index (χ1) is 9.04. The van der Waals surface area contributed by atoms with Gasteiger partial charge < -0.3 is 4.90 Å². The van der Waals surface area contributed by atoms with E-state index in [2.05, 4.69) is 50.0 Å². The Morgan fingerprint density at radius 2 is 1.68 bits per heavy atom. The highest BCUT2D eigenvalue weighted by Gasteiger charge is 2.18. The zero-order valence-electron chi connectivity index (χ0n) is 12.0. The molecule has 0 radical (unpaired) electrons. The molecule has 1 rings (SSSR count). The zero-order valence-corrected chi connectivity index (χ0v) is 12.0. The van der Waals surface area contributed by atoms with Gasteiger partial charge in [0.1, 0.15) is 0 Å². The molecule has 0 aliphatic heterocycles. The number of hydrogen-bond acceptors (Lipinski definition) is 1. The van der Waals surface area contributed by atoms with Crippen LogP contribution in [0.2, 0.25) is 0 Å². The lowest BCUT2D eigenvalue weighted by molar-refractivity contribution is 0.602. The number of benzene rings is 1. The monoisotopic (exact) mass is 253 g/mol. The van der Waals surface area contributed by atoms with Crippen LogP contribution in [-0.2, 0) is 0 Å². The van der Waals surface area contributed by atoms with Crippen LogP contribution in [0.3, 0.4) is 0 Å². The van der Waals surface area contributed by atoms with Crippen molar-refractivity contribution in [2.24, 2.45) is 0 Å². The molecule has 0 aliphatic rings. The highest BCUT2D eigenvalue weighted by atomic mass is 15.2. The van der Waals surface area contributed by atoms with Crippen LogP contribution in [-0.4, -0.2) is 12.6 Å². The van der Waals surface area contributed by atoms with Gasteiger partial charge >= 0.3 is 0 Å². The summed E-state index contributed by atoms with van der Waals surface area (Å²) >= 11 is 0. The van der Waals surface area contributed by atoms with E-state index in [1.54, 1.807) is 0 Å². The van der Waals surface area contributed by atoms with E-state index in [4.69, 9.17) is 6.42 Å². The molecule has 0 atom stereocenters. The molecule has 0 unspecified atom stereocenters. The molecule has 0 aromatic heterocycles. The lowest BCUT2D eigenvalue weighted by Crippen LogP contribution is -2.36. The van der Waals surface area contributed by atoms with E-state index in [0.717, 1.165) is 18.5 Å². The second-order valence-corrected chi connectivity index (χ2v) is 5.14. The fourth-order valence-electron chi connectivity index (χ4n) is 2.25. The maximum Gasteiger partial charge on any atom is 0.0795 e. The lowest BCUT2D eigenvalue weighted by Gasteiger charge is -2.33. The third-order valence-electron chi connectivity index (χ3n) is 2.96. The van der Waals surface area contributed by atoms with Crippen molar-refractivity contribution in [1.82, 2.24) is 0 Å². The van der Waals surface area contributed by atoms with Gasteiger partial charge in [0.15, 0.2) is 0 Å². The van der Waals surface area contributed by atoms with Gasteiger partial charge in [-0.3, -0.25) is 0 Å². The summed E-state index contributed by atoms with van der Waals surface area (Å²) in [5, 5.41) is 0. The third-order valence-corrected chi connectivity index (χ3v) is 2.96. The quantitative estimate of drug-likeness (QED) is 0.513. The minimum absolute atomic E-state index is 0.327. The molecule has 0 fully saturated rings. The molecule has 0 N–H and O–H groups in total. The molecule has 1 heteroatoms. The van der Waals surface area contributed by atoms with Gasteiger partial charge in [-0.15, -0.1) is 19.6 Å². The number of rotatable bonds is 7. The summed E-state index contributed by atoms with van der Waals surface area (Å²) in [6, 6.07) is 10.6. The first kappa shape index (κ1) is 15.1. The van der Waals surface area contributed by atoms with E-state index in [1.165, 1.54) is 11.1 Å². The van der Waals surface area contributed by atoms with E-state index in [9.17, 15) is 0 Å². The summed E-state index contributed by atoms with van der Waals surface area (Å²) in [4.78, 5) is 2.27. The van der Waals surface area contributed by atoms with Gasteiger partial charge in [0.05, 0.1) is 6.54 Å². The summed E-state index contributed by atoms with van der Waals surface area (Å²) in [7, 11) is 0. The lowest BCUT2D eigenvalue weighted by atomic mass is 9.99. The number of terminal acetylenes is 1. The minimum atomic E-state index is 0.327. The molecule has 1 aromatic rings. The van der Waals surface area contributed by atoms with Gasteiger partial charge in [-0.25, -0.2) is 0 Å². The zero-order chi connectivity index (χ0) is 14.3. The molecule has 0 aliphatic carbocycles. The predicted octanol–water partition coefficient (Wildman–Crippen LogP) is 4.43. The van der Waals surface area contributed by atoms with E-state index in [1.807, 2.05) is 18.2 Å². The SMILES string of the molecule is C#CCN(c1ccccc1)C(CC(=C)C)CC(=C)C. The average Bonchev–Trinajstić information content (AvgIpc) is 2.35. The highest BCUT2D eigenvalue weighted by molar-refractivity contribution is 5.48. The summed E-state index contributed by atoms with van der Waals surface area (Å²) in [5.74, 6) is 2.76. The Kier molecular flexibility index (Phi) is 5.96. The average molecular weight is 253 g/mol. The van der Waals surface area contributed by atoms with Crippen molar-refractivity contribution >= 4 is 5.69 Å². The van der Waals surface area contributed by atoms with Gasteiger partial charge in [-0.2, -0.15) is 0 Å². The maximum atomic E-state index is 5.53. The van der Waals surface area contributed by atoms with Crippen LogP contribution in [0.1, 0.15) is 26.7 Å². The molecule has 0 bridgehead atoms. The maximum absolute atomic E-state index is 5.53. The van der Waals surface area contributed by atoms with Crippen molar-refractivity contribution in [2.45, 2.75) is 32.7 Å². The van der Waals surface area contributed by atoms with E-state index in [0.29, 0.717) is 12.6 Å². The predicted molar refractivity (Wildman–Crippen MR) is 85.3 cm³/mol. The Bertz CT molecular complexity index is 448. The van der Waals surface area contributed by atoms with Crippen LogP contribution >= 0.6 is 0 Å². The summed E-state index contributed by atoms with van der Waals surface area (Å²) in [5.41, 5.74) is 3.50. The number of para-hydroxylation sites is 1. The number of anilines is 1. The van der Waals surface area contributed by atoms with E-state index >= 15 is 0 Å². The van der Waals surface area contributed by atoms with Crippen LogP contribution in [0.4, 0.5) is 5.69 Å². The largest absolute Gasteiger partial charge is 0.357 e. The molecule has 0 saturated heterocycles. The first-order valence-electron chi connectivity index (χ1n) is 6.58. The summed E-state index contributed by atoms with van der Waals surface area (Å²) in [6.45, 7) is 12.8. The van der Waals surface area contributed by atoms with Crippen molar-refractivity contribution < 1.29 is 0 Å². The van der Waals surface area contributed by atoms with Gasteiger partial charge in [0, 0.05) is 11.7 Å². The van der Waals surface area contributed by atoms with Gasteiger partial charge in [-0.05, 0) is 38.8 Å². The molecule has 19 heavy (non-hydrogen) atoms. The normalized spacial score (nSPS) is 10.0. The van der Waals surface area contributed by atoms with Gasteiger partial charge in [-0.1, -0.05) is 35.3 Å². The molecule has 1 nitrogen and oxygen atoms in total. The molecule has 1 aromatic carbocycles. The van der Waals surface area contributed by atoms with E-state index in [-0.39, 0.29) is 0 Å². The Morgan fingerprint density at radius 3 is 2.11 bits per heavy atom. The first-order valence-corrected chi connectivity index (χ1v) is 6.58. The number of nitrogens with zero attached hydrogens (tertiary/aromatic N) is 1. The molecule has 0 amide bonds. The van der Waals surface area contributed by atoms with Gasteiger partial charge in [0.25, 0.3) is 0 Å². The standard InChI is InChI=1S/C18H23N/c1-6-12-19(17-10-8-7-9-11-17)18(13-15(2)3)14-16(4)5/h1,7-11,18H,2,4,12-14H2,3,5H3. The summed E-state index contributed by atoms with van der Waals surface area (Å²) < 4.78 is 0.